The van der Waals surface area contributed by atoms with E-state index in [1.165, 1.54) is 24.0 Å². The molecule has 2 aromatic rings. The van der Waals surface area contributed by atoms with Crippen LogP contribution in [0.25, 0.3) is 6.08 Å². The van der Waals surface area contributed by atoms with E-state index in [9.17, 15) is 0 Å². The second-order valence-corrected chi connectivity index (χ2v) is 5.66. The number of rotatable bonds is 8. The summed E-state index contributed by atoms with van der Waals surface area (Å²) in [7, 11) is 0. The van der Waals surface area contributed by atoms with Crippen LogP contribution in [0.2, 0.25) is 0 Å². The summed E-state index contributed by atoms with van der Waals surface area (Å²) in [6, 6.07) is 21.7. The second-order valence-electron chi connectivity index (χ2n) is 5.66. The SMILES string of the molecule is CCCN(CCC)C(/C=C/c1ccccc1)c1ccccc1. The zero-order valence-electron chi connectivity index (χ0n) is 13.8. The molecule has 1 nitrogen and oxygen atoms in total. The Morgan fingerprint density at radius 2 is 1.36 bits per heavy atom. The number of hydrogen-bond donors (Lipinski definition) is 0. The van der Waals surface area contributed by atoms with Crippen molar-refractivity contribution >= 4 is 6.08 Å². The Hall–Kier alpha value is -1.86. The average Bonchev–Trinajstić information content (AvgIpc) is 2.57. The Morgan fingerprint density at radius 3 is 1.91 bits per heavy atom. The summed E-state index contributed by atoms with van der Waals surface area (Å²) in [6.45, 7) is 6.77. The molecule has 1 unspecified atom stereocenters. The molecule has 0 bridgehead atoms. The minimum atomic E-state index is 0.348. The zero-order chi connectivity index (χ0) is 15.6. The molecular formula is C21H27N. The molecule has 22 heavy (non-hydrogen) atoms. The van der Waals surface area contributed by atoms with Crippen molar-refractivity contribution in [2.24, 2.45) is 0 Å². The summed E-state index contributed by atoms with van der Waals surface area (Å²) >= 11 is 0. The average molecular weight is 293 g/mol. The van der Waals surface area contributed by atoms with Crippen LogP contribution in [0.15, 0.2) is 66.7 Å². The summed E-state index contributed by atoms with van der Waals surface area (Å²) in [5, 5.41) is 0. The fourth-order valence-corrected chi connectivity index (χ4v) is 2.82. The third-order valence-electron chi connectivity index (χ3n) is 3.83. The predicted octanol–water partition coefficient (Wildman–Crippen LogP) is 5.56. The van der Waals surface area contributed by atoms with E-state index in [0.717, 1.165) is 13.1 Å². The quantitative estimate of drug-likeness (QED) is 0.615. The first-order chi connectivity index (χ1) is 10.8. The topological polar surface area (TPSA) is 3.24 Å². The van der Waals surface area contributed by atoms with Crippen LogP contribution in [0.4, 0.5) is 0 Å². The van der Waals surface area contributed by atoms with Crippen LogP contribution in [-0.2, 0) is 0 Å². The van der Waals surface area contributed by atoms with E-state index in [-0.39, 0.29) is 0 Å². The predicted molar refractivity (Wildman–Crippen MR) is 96.8 cm³/mol. The Balaban J connectivity index is 2.26. The molecule has 0 radical (unpaired) electrons. The van der Waals surface area contributed by atoms with Gasteiger partial charge in [-0.05, 0) is 37.1 Å². The van der Waals surface area contributed by atoms with Gasteiger partial charge >= 0.3 is 0 Å². The van der Waals surface area contributed by atoms with Crippen molar-refractivity contribution in [2.75, 3.05) is 13.1 Å². The van der Waals surface area contributed by atoms with Crippen LogP contribution in [0, 0.1) is 0 Å². The minimum absolute atomic E-state index is 0.348. The first-order valence-corrected chi connectivity index (χ1v) is 8.37. The van der Waals surface area contributed by atoms with Crippen molar-refractivity contribution in [3.05, 3.63) is 77.9 Å². The van der Waals surface area contributed by atoms with Crippen molar-refractivity contribution in [3.8, 4) is 0 Å². The molecule has 0 aliphatic carbocycles. The molecule has 0 aliphatic heterocycles. The lowest BCUT2D eigenvalue weighted by Crippen LogP contribution is -2.29. The van der Waals surface area contributed by atoms with Crippen LogP contribution in [0.1, 0.15) is 43.9 Å². The van der Waals surface area contributed by atoms with Gasteiger partial charge in [-0.15, -0.1) is 0 Å². The lowest BCUT2D eigenvalue weighted by molar-refractivity contribution is 0.232. The van der Waals surface area contributed by atoms with Crippen LogP contribution in [0.5, 0.6) is 0 Å². The minimum Gasteiger partial charge on any atom is -0.293 e. The standard InChI is InChI=1S/C21H27N/c1-3-17-22(18-4-2)21(20-13-9-6-10-14-20)16-15-19-11-7-5-8-12-19/h5-16,21H,3-4,17-18H2,1-2H3/b16-15+. The molecule has 1 atom stereocenters. The van der Waals surface area contributed by atoms with Gasteiger partial charge in [-0.3, -0.25) is 4.90 Å². The van der Waals surface area contributed by atoms with Gasteiger partial charge in [0.15, 0.2) is 0 Å². The highest BCUT2D eigenvalue weighted by molar-refractivity contribution is 5.50. The summed E-state index contributed by atoms with van der Waals surface area (Å²) in [4.78, 5) is 2.58. The zero-order valence-corrected chi connectivity index (χ0v) is 13.8. The summed E-state index contributed by atoms with van der Waals surface area (Å²) < 4.78 is 0. The molecule has 0 saturated heterocycles. The van der Waals surface area contributed by atoms with Crippen LogP contribution >= 0.6 is 0 Å². The van der Waals surface area contributed by atoms with Crippen molar-refractivity contribution < 1.29 is 0 Å². The van der Waals surface area contributed by atoms with E-state index in [2.05, 4.69) is 91.6 Å². The Morgan fingerprint density at radius 1 is 0.818 bits per heavy atom. The van der Waals surface area contributed by atoms with Gasteiger partial charge in [0.2, 0.25) is 0 Å². The van der Waals surface area contributed by atoms with E-state index >= 15 is 0 Å². The summed E-state index contributed by atoms with van der Waals surface area (Å²) in [5.41, 5.74) is 2.63. The van der Waals surface area contributed by atoms with E-state index in [0.29, 0.717) is 6.04 Å². The molecule has 0 fully saturated rings. The summed E-state index contributed by atoms with van der Waals surface area (Å²) in [5.74, 6) is 0. The molecule has 116 valence electrons. The van der Waals surface area contributed by atoms with E-state index < -0.39 is 0 Å². The number of nitrogens with zero attached hydrogens (tertiary/aromatic N) is 1. The van der Waals surface area contributed by atoms with Crippen molar-refractivity contribution in [3.63, 3.8) is 0 Å². The molecule has 0 aromatic heterocycles. The third kappa shape index (κ3) is 4.85. The lowest BCUT2D eigenvalue weighted by atomic mass is 10.0. The Bertz CT molecular complexity index is 539. The van der Waals surface area contributed by atoms with Crippen molar-refractivity contribution in [1.29, 1.82) is 0 Å². The maximum atomic E-state index is 2.58. The van der Waals surface area contributed by atoms with Gasteiger partial charge in [-0.1, -0.05) is 86.7 Å². The maximum absolute atomic E-state index is 2.58. The molecule has 2 rings (SSSR count). The van der Waals surface area contributed by atoms with Crippen molar-refractivity contribution in [1.82, 2.24) is 4.90 Å². The maximum Gasteiger partial charge on any atom is 0.0534 e. The highest BCUT2D eigenvalue weighted by Gasteiger charge is 2.16. The number of benzene rings is 2. The molecule has 0 aliphatic rings. The van der Waals surface area contributed by atoms with Gasteiger partial charge in [-0.25, -0.2) is 0 Å². The van der Waals surface area contributed by atoms with Gasteiger partial charge in [-0.2, -0.15) is 0 Å². The second kappa shape index (κ2) is 9.22. The smallest absolute Gasteiger partial charge is 0.0534 e. The normalized spacial score (nSPS) is 12.9. The molecule has 0 saturated carbocycles. The van der Waals surface area contributed by atoms with Crippen LogP contribution in [-0.4, -0.2) is 18.0 Å². The van der Waals surface area contributed by atoms with Gasteiger partial charge < -0.3 is 0 Å². The first kappa shape index (κ1) is 16.5. The largest absolute Gasteiger partial charge is 0.293 e. The molecule has 0 spiro atoms. The highest BCUT2D eigenvalue weighted by Crippen LogP contribution is 2.24. The third-order valence-corrected chi connectivity index (χ3v) is 3.83. The Kier molecular flexibility index (Phi) is 6.92. The van der Waals surface area contributed by atoms with Gasteiger partial charge in [0, 0.05) is 0 Å². The Labute approximate surface area is 135 Å². The monoisotopic (exact) mass is 293 g/mol. The highest BCUT2D eigenvalue weighted by atomic mass is 15.1. The van der Waals surface area contributed by atoms with E-state index in [1.54, 1.807) is 0 Å². The van der Waals surface area contributed by atoms with Gasteiger partial charge in [0.1, 0.15) is 0 Å². The van der Waals surface area contributed by atoms with Gasteiger partial charge in [0.25, 0.3) is 0 Å². The van der Waals surface area contributed by atoms with Crippen molar-refractivity contribution in [2.45, 2.75) is 32.7 Å². The van der Waals surface area contributed by atoms with Crippen LogP contribution < -0.4 is 0 Å². The molecule has 2 aromatic carbocycles. The molecule has 1 heteroatoms. The van der Waals surface area contributed by atoms with Crippen LogP contribution in [0.3, 0.4) is 0 Å². The first-order valence-electron chi connectivity index (χ1n) is 8.37. The fourth-order valence-electron chi connectivity index (χ4n) is 2.82. The fraction of sp³-hybridized carbons (Fsp3) is 0.333. The summed E-state index contributed by atoms with van der Waals surface area (Å²) in [6.07, 6.45) is 6.96. The van der Waals surface area contributed by atoms with E-state index in [1.807, 2.05) is 0 Å². The number of hydrogen-bond acceptors (Lipinski definition) is 1. The molecule has 0 amide bonds. The molecular weight excluding hydrogens is 266 g/mol. The molecule has 0 N–H and O–H groups in total. The van der Waals surface area contributed by atoms with E-state index in [4.69, 9.17) is 0 Å². The molecule has 0 heterocycles. The van der Waals surface area contributed by atoms with Gasteiger partial charge in [0.05, 0.1) is 6.04 Å². The lowest BCUT2D eigenvalue weighted by Gasteiger charge is -2.29.